The first-order valence-electron chi connectivity index (χ1n) is 6.92. The number of likely N-dealkylation sites (N-methyl/N-ethyl adjacent to an activating group) is 1. The van der Waals surface area contributed by atoms with Crippen molar-refractivity contribution in [3.8, 4) is 0 Å². The van der Waals surface area contributed by atoms with Gasteiger partial charge in [0.25, 0.3) is 0 Å². The smallest absolute Gasteiger partial charge is 0.129 e. The molecule has 0 aliphatic carbocycles. The van der Waals surface area contributed by atoms with Gasteiger partial charge in [-0.3, -0.25) is 0 Å². The van der Waals surface area contributed by atoms with Gasteiger partial charge in [-0.2, -0.15) is 0 Å². The Hall–Kier alpha value is -1.00. The number of hydrogen-bond donors (Lipinski definition) is 1. The van der Waals surface area contributed by atoms with Crippen LogP contribution < -0.4 is 5.32 Å². The van der Waals surface area contributed by atoms with Gasteiger partial charge in [0.05, 0.1) is 6.10 Å². The van der Waals surface area contributed by atoms with Crippen LogP contribution in [0.5, 0.6) is 0 Å². The van der Waals surface area contributed by atoms with Crippen molar-refractivity contribution < 1.29 is 13.5 Å². The van der Waals surface area contributed by atoms with Crippen molar-refractivity contribution in [2.75, 3.05) is 13.7 Å². The van der Waals surface area contributed by atoms with E-state index < -0.39 is 11.6 Å². The molecule has 1 aromatic rings. The SMILES string of the molecule is CNC(Cc1c(F)cccc1F)CC1CCCCO1. The summed E-state index contributed by atoms with van der Waals surface area (Å²) in [5.41, 5.74) is 0.164. The Bertz CT molecular complexity index is 385. The van der Waals surface area contributed by atoms with Crippen molar-refractivity contribution in [3.05, 3.63) is 35.4 Å². The molecule has 2 nitrogen and oxygen atoms in total. The lowest BCUT2D eigenvalue weighted by Crippen LogP contribution is -2.34. The van der Waals surface area contributed by atoms with Crippen molar-refractivity contribution in [2.45, 2.75) is 44.2 Å². The first kappa shape index (κ1) is 14.4. The molecule has 19 heavy (non-hydrogen) atoms. The average Bonchev–Trinajstić information content (AvgIpc) is 2.43. The molecule has 2 atom stereocenters. The van der Waals surface area contributed by atoms with Crippen LogP contribution in [-0.4, -0.2) is 25.8 Å². The second kappa shape index (κ2) is 6.96. The molecule has 1 aliphatic rings. The summed E-state index contributed by atoms with van der Waals surface area (Å²) >= 11 is 0. The van der Waals surface area contributed by atoms with Crippen LogP contribution in [0.3, 0.4) is 0 Å². The number of rotatable bonds is 5. The van der Waals surface area contributed by atoms with Crippen LogP contribution in [0.1, 0.15) is 31.2 Å². The molecule has 0 spiro atoms. The summed E-state index contributed by atoms with van der Waals surface area (Å²) in [7, 11) is 1.83. The first-order chi connectivity index (χ1) is 9.20. The van der Waals surface area contributed by atoms with Crippen molar-refractivity contribution in [3.63, 3.8) is 0 Å². The van der Waals surface area contributed by atoms with Gasteiger partial charge in [0, 0.05) is 18.2 Å². The minimum atomic E-state index is -0.468. The molecule has 106 valence electrons. The highest BCUT2D eigenvalue weighted by Crippen LogP contribution is 2.20. The summed E-state index contributed by atoms with van der Waals surface area (Å²) in [6.07, 6.45) is 4.69. The minimum Gasteiger partial charge on any atom is -0.378 e. The number of benzene rings is 1. The van der Waals surface area contributed by atoms with Gasteiger partial charge >= 0.3 is 0 Å². The van der Waals surface area contributed by atoms with E-state index >= 15 is 0 Å². The predicted octanol–water partition coefficient (Wildman–Crippen LogP) is 3.05. The van der Waals surface area contributed by atoms with Crippen molar-refractivity contribution >= 4 is 0 Å². The fourth-order valence-corrected chi connectivity index (χ4v) is 2.59. The molecule has 1 heterocycles. The van der Waals surface area contributed by atoms with Gasteiger partial charge in [-0.25, -0.2) is 8.78 Å². The minimum absolute atomic E-state index is 0.0366. The molecular formula is C15H21F2NO. The molecule has 1 aliphatic heterocycles. The molecule has 1 saturated heterocycles. The lowest BCUT2D eigenvalue weighted by Gasteiger charge is -2.27. The van der Waals surface area contributed by atoms with Crippen LogP contribution in [-0.2, 0) is 11.2 Å². The van der Waals surface area contributed by atoms with E-state index in [1.54, 1.807) is 0 Å². The Morgan fingerprint density at radius 1 is 1.32 bits per heavy atom. The Morgan fingerprint density at radius 2 is 2.05 bits per heavy atom. The molecule has 2 unspecified atom stereocenters. The van der Waals surface area contributed by atoms with E-state index in [0.717, 1.165) is 25.9 Å². The third-order valence-electron chi connectivity index (χ3n) is 3.74. The van der Waals surface area contributed by atoms with E-state index in [-0.39, 0.29) is 17.7 Å². The zero-order valence-corrected chi connectivity index (χ0v) is 11.3. The van der Waals surface area contributed by atoms with Crippen molar-refractivity contribution in [1.82, 2.24) is 5.32 Å². The fraction of sp³-hybridized carbons (Fsp3) is 0.600. The summed E-state index contributed by atoms with van der Waals surface area (Å²) in [5.74, 6) is -0.936. The summed E-state index contributed by atoms with van der Waals surface area (Å²) < 4.78 is 32.9. The van der Waals surface area contributed by atoms with Crippen molar-refractivity contribution in [2.24, 2.45) is 0 Å². The van der Waals surface area contributed by atoms with E-state index in [4.69, 9.17) is 4.74 Å². The summed E-state index contributed by atoms with van der Waals surface area (Å²) in [4.78, 5) is 0. The molecule has 0 aromatic heterocycles. The normalized spacial score (nSPS) is 21.3. The Kier molecular flexibility index (Phi) is 5.28. The van der Waals surface area contributed by atoms with Crippen LogP contribution in [0.2, 0.25) is 0 Å². The predicted molar refractivity (Wildman–Crippen MR) is 71.1 cm³/mol. The van der Waals surface area contributed by atoms with Crippen LogP contribution >= 0.6 is 0 Å². The highest BCUT2D eigenvalue weighted by atomic mass is 19.1. The second-order valence-corrected chi connectivity index (χ2v) is 5.11. The number of ether oxygens (including phenoxy) is 1. The van der Waals surface area contributed by atoms with E-state index in [0.29, 0.717) is 6.42 Å². The van der Waals surface area contributed by atoms with Crippen LogP contribution in [0, 0.1) is 11.6 Å². The third-order valence-corrected chi connectivity index (χ3v) is 3.74. The fourth-order valence-electron chi connectivity index (χ4n) is 2.59. The van der Waals surface area contributed by atoms with Crippen LogP contribution in [0.15, 0.2) is 18.2 Å². The summed E-state index contributed by atoms with van der Waals surface area (Å²) in [6, 6.07) is 4.05. The molecule has 4 heteroatoms. The molecule has 0 radical (unpaired) electrons. The molecule has 0 amide bonds. The molecule has 2 rings (SSSR count). The largest absolute Gasteiger partial charge is 0.378 e. The van der Waals surface area contributed by atoms with Gasteiger partial charge < -0.3 is 10.1 Å². The van der Waals surface area contributed by atoms with Crippen LogP contribution in [0.4, 0.5) is 8.78 Å². The maximum absolute atomic E-state index is 13.6. The lowest BCUT2D eigenvalue weighted by molar-refractivity contribution is 0.00559. The summed E-state index contributed by atoms with van der Waals surface area (Å²) in [6.45, 7) is 0.801. The van der Waals surface area contributed by atoms with E-state index in [9.17, 15) is 8.78 Å². The molecular weight excluding hydrogens is 248 g/mol. The Labute approximate surface area is 113 Å². The zero-order valence-electron chi connectivity index (χ0n) is 11.3. The molecule has 1 fully saturated rings. The Balaban J connectivity index is 1.98. The quantitative estimate of drug-likeness (QED) is 0.887. The van der Waals surface area contributed by atoms with E-state index in [1.807, 2.05) is 7.05 Å². The van der Waals surface area contributed by atoms with Crippen LogP contribution in [0.25, 0.3) is 0 Å². The third kappa shape index (κ3) is 3.98. The first-order valence-corrected chi connectivity index (χ1v) is 6.92. The highest BCUT2D eigenvalue weighted by Gasteiger charge is 2.21. The van der Waals surface area contributed by atoms with Gasteiger partial charge in [-0.15, -0.1) is 0 Å². The van der Waals surface area contributed by atoms with Gasteiger partial charge in [0.1, 0.15) is 11.6 Å². The maximum Gasteiger partial charge on any atom is 0.129 e. The maximum atomic E-state index is 13.6. The Morgan fingerprint density at radius 3 is 2.63 bits per heavy atom. The molecule has 0 saturated carbocycles. The van der Waals surface area contributed by atoms with E-state index in [2.05, 4.69) is 5.32 Å². The highest BCUT2D eigenvalue weighted by molar-refractivity contribution is 5.20. The number of hydrogen-bond acceptors (Lipinski definition) is 2. The van der Waals surface area contributed by atoms with Crippen molar-refractivity contribution in [1.29, 1.82) is 0 Å². The average molecular weight is 269 g/mol. The van der Waals surface area contributed by atoms with Gasteiger partial charge in [-0.1, -0.05) is 6.07 Å². The molecule has 0 bridgehead atoms. The summed E-state index contributed by atoms with van der Waals surface area (Å²) in [5, 5.41) is 3.14. The topological polar surface area (TPSA) is 21.3 Å². The zero-order chi connectivity index (χ0) is 13.7. The van der Waals surface area contributed by atoms with Gasteiger partial charge in [0.2, 0.25) is 0 Å². The standard InChI is InChI=1S/C15H21F2NO/c1-18-11(9-12-5-2-3-8-19-12)10-13-14(16)6-4-7-15(13)17/h4,6-7,11-12,18H,2-3,5,8-10H2,1H3. The lowest BCUT2D eigenvalue weighted by atomic mass is 9.96. The van der Waals surface area contributed by atoms with Gasteiger partial charge in [0.15, 0.2) is 0 Å². The van der Waals surface area contributed by atoms with E-state index in [1.165, 1.54) is 24.6 Å². The monoisotopic (exact) mass is 269 g/mol. The van der Waals surface area contributed by atoms with Gasteiger partial charge in [-0.05, 0) is 51.3 Å². The number of halogens is 2. The molecule has 1 N–H and O–H groups in total. The second-order valence-electron chi connectivity index (χ2n) is 5.11. The molecule has 1 aromatic carbocycles. The number of nitrogens with one attached hydrogen (secondary N) is 1.